The van der Waals surface area contributed by atoms with Crippen LogP contribution in [0.15, 0.2) is 65.9 Å². The lowest BCUT2D eigenvalue weighted by molar-refractivity contribution is 0.588. The van der Waals surface area contributed by atoms with Crippen molar-refractivity contribution in [3.8, 4) is 23.1 Å². The minimum absolute atomic E-state index is 0.441. The van der Waals surface area contributed by atoms with E-state index in [-0.39, 0.29) is 0 Å². The monoisotopic (exact) mass is 474 g/mol. The van der Waals surface area contributed by atoms with E-state index in [1.54, 1.807) is 0 Å². The van der Waals surface area contributed by atoms with E-state index in [1.165, 1.54) is 49.0 Å². The largest absolute Gasteiger partial charge is 0.342 e. The Balaban J connectivity index is 1.07. The van der Waals surface area contributed by atoms with Gasteiger partial charge in [-0.15, -0.1) is 0 Å². The highest BCUT2D eigenvalue weighted by Crippen LogP contribution is 2.37. The lowest BCUT2D eigenvalue weighted by atomic mass is 9.98. The van der Waals surface area contributed by atoms with Gasteiger partial charge in [0, 0.05) is 47.5 Å². The smallest absolute Gasteiger partial charge is 0.109 e. The molecule has 2 aliphatic heterocycles. The van der Waals surface area contributed by atoms with Crippen molar-refractivity contribution < 1.29 is 0 Å². The van der Waals surface area contributed by atoms with Gasteiger partial charge in [0.15, 0.2) is 0 Å². The SMILES string of the molecule is C[C@@H]1CC[C@@H](c2ncc(-c3ccc(C#Cc4ccc(C5=CN=C([C@@H]6CC[C@@H](C)N6)C5)cc4)cc3)[nH]2)C1. The summed E-state index contributed by atoms with van der Waals surface area (Å²) in [5.74, 6) is 9.15. The van der Waals surface area contributed by atoms with E-state index in [2.05, 4.69) is 89.5 Å². The first-order valence-corrected chi connectivity index (χ1v) is 13.4. The molecule has 4 nitrogen and oxygen atoms in total. The molecule has 36 heavy (non-hydrogen) atoms. The third kappa shape index (κ3) is 4.94. The molecule has 0 bridgehead atoms. The highest BCUT2D eigenvalue weighted by atomic mass is 15.0. The highest BCUT2D eigenvalue weighted by Gasteiger charge is 2.27. The quantitative estimate of drug-likeness (QED) is 0.413. The van der Waals surface area contributed by atoms with Crippen molar-refractivity contribution in [2.75, 3.05) is 0 Å². The van der Waals surface area contributed by atoms with Gasteiger partial charge < -0.3 is 10.3 Å². The summed E-state index contributed by atoms with van der Waals surface area (Å²) in [5.41, 5.74) is 8.10. The number of aromatic amines is 1. The van der Waals surface area contributed by atoms with E-state index in [0.717, 1.165) is 40.5 Å². The lowest BCUT2D eigenvalue weighted by Crippen LogP contribution is -2.33. The number of nitrogens with one attached hydrogen (secondary N) is 2. The van der Waals surface area contributed by atoms with Crippen molar-refractivity contribution in [1.82, 2.24) is 15.3 Å². The van der Waals surface area contributed by atoms with Crippen LogP contribution in [0.5, 0.6) is 0 Å². The molecular weight excluding hydrogens is 440 g/mol. The van der Waals surface area contributed by atoms with Crippen LogP contribution in [0.1, 0.15) is 80.8 Å². The van der Waals surface area contributed by atoms with Crippen LogP contribution in [0.3, 0.4) is 0 Å². The van der Waals surface area contributed by atoms with Crippen LogP contribution in [-0.4, -0.2) is 27.8 Å². The van der Waals surface area contributed by atoms with Gasteiger partial charge in [-0.2, -0.15) is 0 Å². The van der Waals surface area contributed by atoms with E-state index < -0.39 is 0 Å². The Kier molecular flexibility index (Phi) is 6.34. The van der Waals surface area contributed by atoms with Crippen LogP contribution >= 0.6 is 0 Å². The Morgan fingerprint density at radius 3 is 2.19 bits per heavy atom. The van der Waals surface area contributed by atoms with Crippen LogP contribution < -0.4 is 5.32 Å². The minimum Gasteiger partial charge on any atom is -0.342 e. The molecule has 1 saturated carbocycles. The number of H-pyrrole nitrogens is 1. The van der Waals surface area contributed by atoms with Gasteiger partial charge in [0.1, 0.15) is 5.82 Å². The molecule has 4 atom stereocenters. The molecule has 3 aromatic rings. The second-order valence-corrected chi connectivity index (χ2v) is 10.9. The van der Waals surface area contributed by atoms with Crippen molar-refractivity contribution >= 4 is 11.3 Å². The molecule has 6 rings (SSSR count). The van der Waals surface area contributed by atoms with Gasteiger partial charge in [0.05, 0.1) is 11.9 Å². The molecule has 2 fully saturated rings. The van der Waals surface area contributed by atoms with E-state index in [1.807, 2.05) is 12.4 Å². The molecule has 0 radical (unpaired) electrons. The maximum Gasteiger partial charge on any atom is 0.109 e. The molecule has 0 amide bonds. The zero-order valence-corrected chi connectivity index (χ0v) is 21.2. The molecule has 1 saturated heterocycles. The average molecular weight is 475 g/mol. The Hall–Kier alpha value is -3.42. The number of hydrogen-bond acceptors (Lipinski definition) is 3. The highest BCUT2D eigenvalue weighted by molar-refractivity contribution is 6.01. The van der Waals surface area contributed by atoms with E-state index in [0.29, 0.717) is 18.0 Å². The van der Waals surface area contributed by atoms with Crippen LogP contribution in [0.4, 0.5) is 0 Å². The third-order valence-corrected chi connectivity index (χ3v) is 8.01. The average Bonchev–Trinajstić information content (AvgIpc) is 3.70. The van der Waals surface area contributed by atoms with Gasteiger partial charge >= 0.3 is 0 Å². The van der Waals surface area contributed by atoms with E-state index in [9.17, 15) is 0 Å². The van der Waals surface area contributed by atoms with Gasteiger partial charge in [0.2, 0.25) is 0 Å². The first kappa shape index (κ1) is 23.0. The van der Waals surface area contributed by atoms with Crippen LogP contribution in [0, 0.1) is 17.8 Å². The fourth-order valence-corrected chi connectivity index (χ4v) is 5.82. The zero-order chi connectivity index (χ0) is 24.5. The summed E-state index contributed by atoms with van der Waals surface area (Å²) in [6.07, 6.45) is 11.2. The molecule has 0 unspecified atom stereocenters. The number of hydrogen-bond donors (Lipinski definition) is 2. The maximum absolute atomic E-state index is 4.72. The molecule has 1 aliphatic carbocycles. The predicted octanol–water partition coefficient (Wildman–Crippen LogP) is 6.71. The van der Waals surface area contributed by atoms with E-state index >= 15 is 0 Å². The number of aromatic nitrogens is 2. The van der Waals surface area contributed by atoms with Crippen LogP contribution in [0.2, 0.25) is 0 Å². The van der Waals surface area contributed by atoms with Gasteiger partial charge in [-0.25, -0.2) is 4.98 Å². The summed E-state index contributed by atoms with van der Waals surface area (Å²) >= 11 is 0. The normalized spacial score (nSPS) is 25.4. The van der Waals surface area contributed by atoms with Crippen molar-refractivity contribution in [2.24, 2.45) is 10.9 Å². The van der Waals surface area contributed by atoms with Crippen LogP contribution in [0.25, 0.3) is 16.8 Å². The third-order valence-electron chi connectivity index (χ3n) is 8.01. The molecule has 3 heterocycles. The molecule has 2 aromatic carbocycles. The molecule has 2 N–H and O–H groups in total. The second kappa shape index (κ2) is 9.91. The van der Waals surface area contributed by atoms with Gasteiger partial charge in [0.25, 0.3) is 0 Å². The molecule has 0 spiro atoms. The van der Waals surface area contributed by atoms with Crippen molar-refractivity contribution in [1.29, 1.82) is 0 Å². The Morgan fingerprint density at radius 2 is 1.56 bits per heavy atom. The summed E-state index contributed by atoms with van der Waals surface area (Å²) in [4.78, 5) is 12.9. The number of allylic oxidation sites excluding steroid dienone is 1. The fraction of sp³-hybridized carbons (Fsp3) is 0.375. The Bertz CT molecular complexity index is 1350. The van der Waals surface area contributed by atoms with Crippen LogP contribution in [-0.2, 0) is 0 Å². The first-order chi connectivity index (χ1) is 17.6. The Labute approximate surface area is 214 Å². The summed E-state index contributed by atoms with van der Waals surface area (Å²) in [7, 11) is 0. The maximum atomic E-state index is 4.72. The summed E-state index contributed by atoms with van der Waals surface area (Å²) < 4.78 is 0. The fourth-order valence-electron chi connectivity index (χ4n) is 5.82. The number of nitrogens with zero attached hydrogens (tertiary/aromatic N) is 2. The predicted molar refractivity (Wildman–Crippen MR) is 148 cm³/mol. The molecule has 4 heteroatoms. The molecular formula is C32H34N4. The summed E-state index contributed by atoms with van der Waals surface area (Å²) in [6.45, 7) is 4.59. The standard InChI is InChI=1S/C32H34N4/c1-21-3-11-27(17-21)32-34-20-31(36-32)26-14-9-24(10-15-26)6-5-23-7-12-25(13-8-23)28-18-30(33-19-28)29-16-4-22(2)35-29/h7-10,12-15,19-22,27,29,35H,3-4,11,16-18H2,1-2H3,(H,34,36)/t21-,22-,27-,29+/m1/s1. The topological polar surface area (TPSA) is 53.1 Å². The number of rotatable bonds is 4. The number of benzene rings is 2. The first-order valence-electron chi connectivity index (χ1n) is 13.4. The zero-order valence-electron chi connectivity index (χ0n) is 21.2. The van der Waals surface area contributed by atoms with Crippen molar-refractivity contribution in [2.45, 2.75) is 70.4 Å². The lowest BCUT2D eigenvalue weighted by Gasteiger charge is -2.12. The van der Waals surface area contributed by atoms with Gasteiger partial charge in [-0.05, 0) is 85.9 Å². The summed E-state index contributed by atoms with van der Waals surface area (Å²) in [6, 6.07) is 18.0. The second-order valence-electron chi connectivity index (χ2n) is 10.9. The molecule has 3 aliphatic rings. The minimum atomic E-state index is 0.441. The van der Waals surface area contributed by atoms with Gasteiger partial charge in [-0.3, -0.25) is 4.99 Å². The molecule has 182 valence electrons. The molecule has 1 aromatic heterocycles. The van der Waals surface area contributed by atoms with Gasteiger partial charge in [-0.1, -0.05) is 43.0 Å². The number of imidazole rings is 1. The van der Waals surface area contributed by atoms with E-state index in [4.69, 9.17) is 4.99 Å². The summed E-state index contributed by atoms with van der Waals surface area (Å²) in [5, 5.41) is 3.65. The van der Waals surface area contributed by atoms with Crippen molar-refractivity contribution in [3.63, 3.8) is 0 Å². The Morgan fingerprint density at radius 1 is 0.833 bits per heavy atom. The number of aliphatic imine (C=N–C) groups is 1. The van der Waals surface area contributed by atoms with Crippen molar-refractivity contribution in [3.05, 3.63) is 83.4 Å².